The van der Waals surface area contributed by atoms with E-state index in [1.807, 2.05) is 0 Å². The van der Waals surface area contributed by atoms with Crippen LogP contribution in [0.15, 0.2) is 5.38 Å². The SMILES string of the molecule is COC(=O)c1csc(Cl)c1[N+](=O)[O-]. The van der Waals surface area contributed by atoms with Gasteiger partial charge in [-0.05, 0) is 0 Å². The highest BCUT2D eigenvalue weighted by molar-refractivity contribution is 7.15. The van der Waals surface area contributed by atoms with Crippen LogP contribution in [0.4, 0.5) is 5.69 Å². The molecular weight excluding hydrogens is 218 g/mol. The molecule has 1 rings (SSSR count). The van der Waals surface area contributed by atoms with Crippen molar-refractivity contribution in [2.45, 2.75) is 0 Å². The number of carbonyl (C=O) groups excluding carboxylic acids is 1. The average Bonchev–Trinajstić information content (AvgIpc) is 2.45. The Morgan fingerprint density at radius 2 is 2.38 bits per heavy atom. The van der Waals surface area contributed by atoms with E-state index in [0.717, 1.165) is 18.4 Å². The predicted octanol–water partition coefficient (Wildman–Crippen LogP) is 2.10. The molecule has 5 nitrogen and oxygen atoms in total. The third-order valence-corrected chi connectivity index (χ3v) is 2.51. The Morgan fingerprint density at radius 1 is 1.77 bits per heavy atom. The lowest BCUT2D eigenvalue weighted by atomic mass is 10.3. The lowest BCUT2D eigenvalue weighted by Gasteiger charge is -1.94. The molecule has 1 aromatic heterocycles. The fourth-order valence-corrected chi connectivity index (χ4v) is 1.78. The molecule has 0 atom stereocenters. The van der Waals surface area contributed by atoms with Gasteiger partial charge >= 0.3 is 11.7 Å². The van der Waals surface area contributed by atoms with Gasteiger partial charge < -0.3 is 4.74 Å². The quantitative estimate of drug-likeness (QED) is 0.436. The maximum atomic E-state index is 11.0. The molecule has 7 heteroatoms. The van der Waals surface area contributed by atoms with E-state index >= 15 is 0 Å². The number of nitrogens with zero attached hydrogens (tertiary/aromatic N) is 1. The summed E-state index contributed by atoms with van der Waals surface area (Å²) in [5.74, 6) is -0.755. The van der Waals surface area contributed by atoms with Gasteiger partial charge in [0.05, 0.1) is 12.0 Å². The largest absolute Gasteiger partial charge is 0.465 e. The molecule has 0 bridgehead atoms. The van der Waals surface area contributed by atoms with E-state index in [9.17, 15) is 14.9 Å². The molecule has 0 saturated heterocycles. The molecule has 0 aromatic carbocycles. The van der Waals surface area contributed by atoms with Crippen molar-refractivity contribution in [2.75, 3.05) is 7.11 Å². The number of ether oxygens (including phenoxy) is 1. The summed E-state index contributed by atoms with van der Waals surface area (Å²) in [6.07, 6.45) is 0. The van der Waals surface area contributed by atoms with Gasteiger partial charge in [0.1, 0.15) is 5.56 Å². The summed E-state index contributed by atoms with van der Waals surface area (Å²) >= 11 is 6.44. The zero-order valence-corrected chi connectivity index (χ0v) is 8.02. The molecule has 0 unspecified atom stereocenters. The molecular formula is C6H4ClNO4S. The molecule has 0 saturated carbocycles. The van der Waals surface area contributed by atoms with Gasteiger partial charge in [-0.1, -0.05) is 11.6 Å². The van der Waals surface area contributed by atoms with Crippen LogP contribution in [0.5, 0.6) is 0 Å². The van der Waals surface area contributed by atoms with Crippen molar-refractivity contribution in [3.8, 4) is 0 Å². The second-order valence-corrected chi connectivity index (χ2v) is 3.50. The summed E-state index contributed by atoms with van der Waals surface area (Å²) in [6, 6.07) is 0. The van der Waals surface area contributed by atoms with Crippen LogP contribution in [0, 0.1) is 10.1 Å². The second kappa shape index (κ2) is 3.71. The molecule has 70 valence electrons. The Balaban J connectivity index is 3.22. The first-order valence-corrected chi connectivity index (χ1v) is 4.33. The Bertz CT molecular complexity index is 362. The summed E-state index contributed by atoms with van der Waals surface area (Å²) < 4.78 is 4.32. The first-order valence-electron chi connectivity index (χ1n) is 3.07. The standard InChI is InChI=1S/C6H4ClNO4S/c1-12-6(9)3-2-13-5(7)4(3)8(10)11/h2H,1H3. The molecule has 0 spiro atoms. The number of rotatable bonds is 2. The van der Waals surface area contributed by atoms with Crippen molar-refractivity contribution in [1.29, 1.82) is 0 Å². The lowest BCUT2D eigenvalue weighted by molar-refractivity contribution is -0.384. The second-order valence-electron chi connectivity index (χ2n) is 2.02. The smallest absolute Gasteiger partial charge is 0.345 e. The maximum absolute atomic E-state index is 11.0. The third-order valence-electron chi connectivity index (χ3n) is 1.31. The van der Waals surface area contributed by atoms with Crippen molar-refractivity contribution >= 4 is 34.6 Å². The molecule has 1 heterocycles. The highest BCUT2D eigenvalue weighted by Crippen LogP contribution is 2.34. The van der Waals surface area contributed by atoms with E-state index < -0.39 is 16.6 Å². The molecule has 0 aliphatic carbocycles. The molecule has 0 aliphatic heterocycles. The number of esters is 1. The third kappa shape index (κ3) is 1.78. The molecule has 0 amide bonds. The summed E-state index contributed by atoms with van der Waals surface area (Å²) in [5.41, 5.74) is -0.499. The normalized spacial score (nSPS) is 9.69. The van der Waals surface area contributed by atoms with Crippen molar-refractivity contribution in [1.82, 2.24) is 0 Å². The van der Waals surface area contributed by atoms with Crippen LogP contribution < -0.4 is 0 Å². The summed E-state index contributed by atoms with van der Waals surface area (Å²) in [7, 11) is 1.15. The van der Waals surface area contributed by atoms with Gasteiger partial charge in [0.25, 0.3) is 0 Å². The van der Waals surface area contributed by atoms with Gasteiger partial charge in [-0.25, -0.2) is 4.79 Å². The Morgan fingerprint density at radius 3 is 2.85 bits per heavy atom. The molecule has 0 radical (unpaired) electrons. The van der Waals surface area contributed by atoms with Crippen LogP contribution in [-0.4, -0.2) is 18.0 Å². The van der Waals surface area contributed by atoms with Crippen LogP contribution in [0.1, 0.15) is 10.4 Å². The highest BCUT2D eigenvalue weighted by Gasteiger charge is 2.26. The van der Waals surface area contributed by atoms with Crippen molar-refractivity contribution < 1.29 is 14.5 Å². The van der Waals surface area contributed by atoms with E-state index in [1.165, 1.54) is 5.38 Å². The minimum atomic E-state index is -0.755. The average molecular weight is 222 g/mol. The number of hydrogen-bond acceptors (Lipinski definition) is 5. The van der Waals surface area contributed by atoms with Crippen LogP contribution in [0.2, 0.25) is 4.34 Å². The maximum Gasteiger partial charge on any atom is 0.345 e. The predicted molar refractivity (Wildman–Crippen MR) is 47.3 cm³/mol. The molecule has 0 aliphatic rings. The van der Waals surface area contributed by atoms with Crippen LogP contribution in [-0.2, 0) is 4.74 Å². The van der Waals surface area contributed by atoms with E-state index in [4.69, 9.17) is 11.6 Å². The van der Waals surface area contributed by atoms with Gasteiger partial charge in [0.15, 0.2) is 4.34 Å². The first kappa shape index (κ1) is 9.94. The number of thiophene rings is 1. The van der Waals surface area contributed by atoms with Gasteiger partial charge in [-0.3, -0.25) is 10.1 Å². The highest BCUT2D eigenvalue weighted by atomic mass is 35.5. The molecule has 1 aromatic rings. The van der Waals surface area contributed by atoms with Gasteiger partial charge in [0.2, 0.25) is 0 Å². The van der Waals surface area contributed by atoms with Crippen LogP contribution >= 0.6 is 22.9 Å². The fourth-order valence-electron chi connectivity index (χ4n) is 0.753. The first-order chi connectivity index (χ1) is 6.07. The number of hydrogen-bond donors (Lipinski definition) is 0. The van der Waals surface area contributed by atoms with E-state index in [-0.39, 0.29) is 9.90 Å². The van der Waals surface area contributed by atoms with Crippen LogP contribution in [0.25, 0.3) is 0 Å². The topological polar surface area (TPSA) is 69.4 Å². The zero-order valence-electron chi connectivity index (χ0n) is 6.44. The van der Waals surface area contributed by atoms with Crippen molar-refractivity contribution in [3.05, 3.63) is 25.4 Å². The zero-order chi connectivity index (χ0) is 10.0. The molecule has 0 fully saturated rings. The number of carbonyl (C=O) groups is 1. The summed E-state index contributed by atoms with van der Waals surface area (Å²) in [6.45, 7) is 0. The number of halogens is 1. The van der Waals surface area contributed by atoms with Gasteiger partial charge in [-0.2, -0.15) is 0 Å². The lowest BCUT2D eigenvalue weighted by Crippen LogP contribution is -2.02. The van der Waals surface area contributed by atoms with Crippen molar-refractivity contribution in [3.63, 3.8) is 0 Å². The number of methoxy groups -OCH3 is 1. The Labute approximate surface area is 82.0 Å². The Hall–Kier alpha value is -1.14. The van der Waals surface area contributed by atoms with Crippen molar-refractivity contribution in [2.24, 2.45) is 0 Å². The summed E-state index contributed by atoms with van der Waals surface area (Å²) in [4.78, 5) is 20.7. The van der Waals surface area contributed by atoms with Crippen LogP contribution in [0.3, 0.4) is 0 Å². The minimum Gasteiger partial charge on any atom is -0.465 e. The van der Waals surface area contributed by atoms with Gasteiger partial charge in [0, 0.05) is 5.38 Å². The van der Waals surface area contributed by atoms with E-state index in [1.54, 1.807) is 0 Å². The monoisotopic (exact) mass is 221 g/mol. The minimum absolute atomic E-state index is 0.0228. The number of nitro groups is 1. The van der Waals surface area contributed by atoms with E-state index in [2.05, 4.69) is 4.74 Å². The van der Waals surface area contributed by atoms with Gasteiger partial charge in [-0.15, -0.1) is 11.3 Å². The molecule has 13 heavy (non-hydrogen) atoms. The van der Waals surface area contributed by atoms with E-state index in [0.29, 0.717) is 0 Å². The summed E-state index contributed by atoms with van der Waals surface area (Å²) in [5, 5.41) is 11.7. The molecule has 0 N–H and O–H groups in total. The fraction of sp³-hybridized carbons (Fsp3) is 0.167. The Kier molecular flexibility index (Phi) is 2.84.